The second-order valence-electron chi connectivity index (χ2n) is 4.34. The molecule has 3 nitrogen and oxygen atoms in total. The third-order valence-corrected chi connectivity index (χ3v) is 2.36. The first-order chi connectivity index (χ1) is 7.66. The minimum absolute atomic E-state index is 0.196. The average Bonchev–Trinajstić information content (AvgIpc) is 2.60. The lowest BCUT2D eigenvalue weighted by molar-refractivity contribution is 0.433. The highest BCUT2D eigenvalue weighted by molar-refractivity contribution is 5.35. The van der Waals surface area contributed by atoms with E-state index >= 15 is 0 Å². The van der Waals surface area contributed by atoms with Gasteiger partial charge in [0.05, 0.1) is 11.4 Å². The van der Waals surface area contributed by atoms with Crippen LogP contribution in [0.25, 0.3) is 5.69 Å². The number of rotatable bonds is 3. The standard InChI is InChI=1S/C13H16N2O/c1-10(2)8-11-9-13(16)15(14-11)12-6-4-3-5-7-12/h3-7,9-10,16H,8H2,1-2H3. The van der Waals surface area contributed by atoms with Crippen molar-refractivity contribution in [2.45, 2.75) is 20.3 Å². The van der Waals surface area contributed by atoms with Gasteiger partial charge in [0.25, 0.3) is 0 Å². The molecule has 1 N–H and O–H groups in total. The van der Waals surface area contributed by atoms with Gasteiger partial charge in [0, 0.05) is 6.07 Å². The van der Waals surface area contributed by atoms with Gasteiger partial charge < -0.3 is 5.11 Å². The molecule has 0 atom stereocenters. The van der Waals surface area contributed by atoms with Crippen molar-refractivity contribution < 1.29 is 5.11 Å². The molecule has 1 aromatic carbocycles. The van der Waals surface area contributed by atoms with Gasteiger partial charge in [-0.15, -0.1) is 0 Å². The Labute approximate surface area is 95.3 Å². The molecule has 0 saturated carbocycles. The van der Waals surface area contributed by atoms with Crippen LogP contribution >= 0.6 is 0 Å². The van der Waals surface area contributed by atoms with Gasteiger partial charge in [-0.3, -0.25) is 0 Å². The fourth-order valence-corrected chi connectivity index (χ4v) is 1.70. The molecule has 84 valence electrons. The van der Waals surface area contributed by atoms with Crippen molar-refractivity contribution in [3.63, 3.8) is 0 Å². The van der Waals surface area contributed by atoms with Crippen molar-refractivity contribution in [1.82, 2.24) is 9.78 Å². The van der Waals surface area contributed by atoms with Crippen LogP contribution in [0.1, 0.15) is 19.5 Å². The minimum atomic E-state index is 0.196. The van der Waals surface area contributed by atoms with E-state index in [1.54, 1.807) is 10.7 Å². The van der Waals surface area contributed by atoms with Crippen LogP contribution in [0.2, 0.25) is 0 Å². The molecule has 16 heavy (non-hydrogen) atoms. The Bertz CT molecular complexity index is 460. The van der Waals surface area contributed by atoms with Crippen LogP contribution in [-0.4, -0.2) is 14.9 Å². The molecule has 1 aromatic heterocycles. The third-order valence-electron chi connectivity index (χ3n) is 2.36. The Hall–Kier alpha value is -1.77. The predicted octanol–water partition coefficient (Wildman–Crippen LogP) is 2.78. The fraction of sp³-hybridized carbons (Fsp3) is 0.308. The fourth-order valence-electron chi connectivity index (χ4n) is 1.70. The monoisotopic (exact) mass is 216 g/mol. The lowest BCUT2D eigenvalue weighted by Crippen LogP contribution is -1.99. The van der Waals surface area contributed by atoms with E-state index in [1.807, 2.05) is 30.3 Å². The van der Waals surface area contributed by atoms with Crippen LogP contribution in [0.5, 0.6) is 5.88 Å². The second-order valence-corrected chi connectivity index (χ2v) is 4.34. The van der Waals surface area contributed by atoms with Crippen molar-refractivity contribution in [2.75, 3.05) is 0 Å². The summed E-state index contributed by atoms with van der Waals surface area (Å²) in [6.07, 6.45) is 0.882. The van der Waals surface area contributed by atoms with E-state index in [2.05, 4.69) is 18.9 Å². The van der Waals surface area contributed by atoms with Gasteiger partial charge in [0.2, 0.25) is 5.88 Å². The Kier molecular flexibility index (Phi) is 2.95. The van der Waals surface area contributed by atoms with Gasteiger partial charge in [-0.25, -0.2) is 4.68 Å². The maximum absolute atomic E-state index is 9.80. The smallest absolute Gasteiger partial charge is 0.214 e. The normalized spacial score (nSPS) is 10.9. The summed E-state index contributed by atoms with van der Waals surface area (Å²) in [4.78, 5) is 0. The molecule has 0 bridgehead atoms. The van der Waals surface area contributed by atoms with E-state index in [0.717, 1.165) is 17.8 Å². The summed E-state index contributed by atoms with van der Waals surface area (Å²) in [7, 11) is 0. The van der Waals surface area contributed by atoms with Crippen LogP contribution in [-0.2, 0) is 6.42 Å². The molecule has 0 aliphatic rings. The highest BCUT2D eigenvalue weighted by atomic mass is 16.3. The number of benzene rings is 1. The summed E-state index contributed by atoms with van der Waals surface area (Å²) < 4.78 is 1.57. The highest BCUT2D eigenvalue weighted by Gasteiger charge is 2.09. The molecule has 0 aliphatic heterocycles. The molecule has 0 aliphatic carbocycles. The van der Waals surface area contributed by atoms with Crippen LogP contribution in [0.15, 0.2) is 36.4 Å². The average molecular weight is 216 g/mol. The van der Waals surface area contributed by atoms with Crippen LogP contribution in [0.4, 0.5) is 0 Å². The summed E-state index contributed by atoms with van der Waals surface area (Å²) in [6.45, 7) is 4.27. The Morgan fingerprint density at radius 2 is 1.94 bits per heavy atom. The number of hydrogen-bond acceptors (Lipinski definition) is 2. The van der Waals surface area contributed by atoms with Gasteiger partial charge in [0.15, 0.2) is 0 Å². The lowest BCUT2D eigenvalue weighted by Gasteiger charge is -2.02. The van der Waals surface area contributed by atoms with E-state index in [-0.39, 0.29) is 5.88 Å². The highest BCUT2D eigenvalue weighted by Crippen LogP contribution is 2.19. The summed E-state index contributed by atoms with van der Waals surface area (Å²) in [5.74, 6) is 0.736. The van der Waals surface area contributed by atoms with E-state index in [1.165, 1.54) is 0 Å². The van der Waals surface area contributed by atoms with Crippen molar-refractivity contribution in [2.24, 2.45) is 5.92 Å². The SMILES string of the molecule is CC(C)Cc1cc(O)n(-c2ccccc2)n1. The van der Waals surface area contributed by atoms with Crippen molar-refractivity contribution in [1.29, 1.82) is 0 Å². The summed E-state index contributed by atoms with van der Waals surface area (Å²) in [5.41, 5.74) is 1.81. The van der Waals surface area contributed by atoms with Gasteiger partial charge in [0.1, 0.15) is 0 Å². The topological polar surface area (TPSA) is 38.0 Å². The molecule has 0 unspecified atom stereocenters. The maximum atomic E-state index is 9.80. The number of nitrogens with zero attached hydrogens (tertiary/aromatic N) is 2. The molecule has 1 heterocycles. The first kappa shape index (κ1) is 10.7. The van der Waals surface area contributed by atoms with E-state index < -0.39 is 0 Å². The number of para-hydroxylation sites is 1. The number of hydrogen-bond donors (Lipinski definition) is 1. The number of aromatic nitrogens is 2. The van der Waals surface area contributed by atoms with Crippen molar-refractivity contribution >= 4 is 0 Å². The van der Waals surface area contributed by atoms with Gasteiger partial charge in [-0.1, -0.05) is 32.0 Å². The van der Waals surface area contributed by atoms with Gasteiger partial charge >= 0.3 is 0 Å². The molecule has 0 spiro atoms. The molecule has 2 rings (SSSR count). The van der Waals surface area contributed by atoms with Gasteiger partial charge in [-0.05, 0) is 24.5 Å². The van der Waals surface area contributed by atoms with E-state index in [4.69, 9.17) is 0 Å². The first-order valence-electron chi connectivity index (χ1n) is 5.50. The minimum Gasteiger partial charge on any atom is -0.493 e. The van der Waals surface area contributed by atoms with Crippen LogP contribution in [0, 0.1) is 5.92 Å². The molecule has 3 heteroatoms. The summed E-state index contributed by atoms with van der Waals surface area (Å²) in [5, 5.41) is 14.2. The Morgan fingerprint density at radius 1 is 1.25 bits per heavy atom. The first-order valence-corrected chi connectivity index (χ1v) is 5.50. The molecular formula is C13H16N2O. The molecular weight excluding hydrogens is 200 g/mol. The molecule has 0 fully saturated rings. The summed E-state index contributed by atoms with van der Waals surface area (Å²) >= 11 is 0. The molecule has 0 amide bonds. The van der Waals surface area contributed by atoms with Gasteiger partial charge in [-0.2, -0.15) is 5.10 Å². The van der Waals surface area contributed by atoms with Crippen molar-refractivity contribution in [3.8, 4) is 11.6 Å². The number of aromatic hydroxyl groups is 1. The molecule has 0 radical (unpaired) electrons. The second kappa shape index (κ2) is 4.39. The zero-order chi connectivity index (χ0) is 11.5. The summed E-state index contributed by atoms with van der Waals surface area (Å²) in [6, 6.07) is 11.4. The lowest BCUT2D eigenvalue weighted by atomic mass is 10.1. The molecule has 0 saturated heterocycles. The van der Waals surface area contributed by atoms with Crippen LogP contribution < -0.4 is 0 Å². The third kappa shape index (κ3) is 2.24. The quantitative estimate of drug-likeness (QED) is 0.856. The Balaban J connectivity index is 2.32. The largest absolute Gasteiger partial charge is 0.493 e. The predicted molar refractivity (Wildman–Crippen MR) is 63.8 cm³/mol. The van der Waals surface area contributed by atoms with E-state index in [9.17, 15) is 5.11 Å². The van der Waals surface area contributed by atoms with Crippen molar-refractivity contribution in [3.05, 3.63) is 42.1 Å². The zero-order valence-electron chi connectivity index (χ0n) is 9.59. The van der Waals surface area contributed by atoms with Crippen LogP contribution in [0.3, 0.4) is 0 Å². The zero-order valence-corrected chi connectivity index (χ0v) is 9.59. The van der Waals surface area contributed by atoms with E-state index in [0.29, 0.717) is 5.92 Å². The Morgan fingerprint density at radius 3 is 2.56 bits per heavy atom. The maximum Gasteiger partial charge on any atom is 0.214 e. The molecule has 2 aromatic rings.